The smallest absolute Gasteiger partial charge is 0.397 e. The van der Waals surface area contributed by atoms with E-state index in [1.165, 1.54) is 0 Å². The molecule has 3 heterocycles. The van der Waals surface area contributed by atoms with E-state index in [0.717, 1.165) is 16.9 Å². The number of piperazine rings is 1. The van der Waals surface area contributed by atoms with Crippen LogP contribution in [0.2, 0.25) is 10.0 Å². The van der Waals surface area contributed by atoms with Crippen LogP contribution in [0.25, 0.3) is 16.6 Å². The second-order valence-corrected chi connectivity index (χ2v) is 8.12. The number of nitrogen functional groups attached to an aromatic ring is 1. The van der Waals surface area contributed by atoms with E-state index in [-0.39, 0.29) is 34.8 Å². The maximum Gasteiger partial charge on any atom is 0.417 e. The lowest BCUT2D eigenvalue weighted by Gasteiger charge is -2.35. The van der Waals surface area contributed by atoms with E-state index in [0.29, 0.717) is 25.7 Å². The van der Waals surface area contributed by atoms with E-state index in [4.69, 9.17) is 28.9 Å². The first kappa shape index (κ1) is 25.3. The summed E-state index contributed by atoms with van der Waals surface area (Å²) in [4.78, 5) is 19.2. The molecule has 1 aromatic carbocycles. The van der Waals surface area contributed by atoms with Crippen molar-refractivity contribution in [3.05, 3.63) is 50.2 Å². The van der Waals surface area contributed by atoms with E-state index < -0.39 is 45.0 Å². The molecular formula is C19H17Cl3F4N6O. The van der Waals surface area contributed by atoms with Crippen molar-refractivity contribution in [2.45, 2.75) is 19.1 Å². The van der Waals surface area contributed by atoms with E-state index >= 15 is 0 Å². The van der Waals surface area contributed by atoms with Crippen molar-refractivity contribution < 1.29 is 17.6 Å². The fourth-order valence-corrected chi connectivity index (χ4v) is 4.23. The van der Waals surface area contributed by atoms with Crippen molar-refractivity contribution in [3.8, 4) is 11.1 Å². The van der Waals surface area contributed by atoms with Gasteiger partial charge in [0.1, 0.15) is 11.8 Å². The molecule has 1 aliphatic rings. The van der Waals surface area contributed by atoms with Crippen LogP contribution in [0.1, 0.15) is 12.5 Å². The molecule has 1 atom stereocenters. The molecule has 33 heavy (non-hydrogen) atoms. The fraction of sp³-hybridized carbons (Fsp3) is 0.316. The van der Waals surface area contributed by atoms with Crippen LogP contribution in [0.3, 0.4) is 0 Å². The quantitative estimate of drug-likeness (QED) is 0.297. The van der Waals surface area contributed by atoms with Gasteiger partial charge in [-0.05, 0) is 19.1 Å². The summed E-state index contributed by atoms with van der Waals surface area (Å²) in [7, 11) is 0. The molecule has 14 heteroatoms. The Morgan fingerprint density at radius 3 is 2.55 bits per heavy atom. The van der Waals surface area contributed by atoms with Crippen LogP contribution >= 0.6 is 35.6 Å². The zero-order valence-electron chi connectivity index (χ0n) is 16.9. The SMILES string of the molecule is C[C@H]1CNCCN1c1ncnn2c(=O)c(-c3c(N)c(Cl)cc(Cl)c3F)c(C(F)(F)F)cc12.Cl. The van der Waals surface area contributed by atoms with Crippen molar-refractivity contribution in [1.29, 1.82) is 0 Å². The van der Waals surface area contributed by atoms with Crippen LogP contribution in [-0.2, 0) is 6.18 Å². The topological polar surface area (TPSA) is 88.5 Å². The lowest BCUT2D eigenvalue weighted by atomic mass is 9.98. The minimum atomic E-state index is -5.03. The fourth-order valence-electron chi connectivity index (χ4n) is 3.77. The zero-order chi connectivity index (χ0) is 23.4. The number of nitrogens with two attached hydrogens (primary N) is 1. The third-order valence-corrected chi connectivity index (χ3v) is 5.89. The highest BCUT2D eigenvalue weighted by atomic mass is 35.5. The number of nitrogens with one attached hydrogen (secondary N) is 1. The first-order valence-corrected chi connectivity index (χ1v) is 10.2. The van der Waals surface area contributed by atoms with Crippen molar-refractivity contribution in [1.82, 2.24) is 19.9 Å². The number of halogens is 7. The summed E-state index contributed by atoms with van der Waals surface area (Å²) < 4.78 is 58.0. The van der Waals surface area contributed by atoms with Gasteiger partial charge in [-0.1, -0.05) is 23.2 Å². The number of fused-ring (bicyclic) bond motifs is 1. The van der Waals surface area contributed by atoms with Gasteiger partial charge in [0.25, 0.3) is 5.56 Å². The molecule has 0 bridgehead atoms. The van der Waals surface area contributed by atoms with Gasteiger partial charge in [0.15, 0.2) is 11.6 Å². The van der Waals surface area contributed by atoms with Crippen molar-refractivity contribution >= 4 is 52.6 Å². The van der Waals surface area contributed by atoms with Crippen molar-refractivity contribution in [2.75, 3.05) is 30.3 Å². The lowest BCUT2D eigenvalue weighted by molar-refractivity contribution is -0.137. The minimum Gasteiger partial charge on any atom is -0.397 e. The number of hydrogen-bond acceptors (Lipinski definition) is 6. The Labute approximate surface area is 200 Å². The number of rotatable bonds is 2. The highest BCUT2D eigenvalue weighted by molar-refractivity contribution is 6.37. The molecule has 0 radical (unpaired) electrons. The van der Waals surface area contributed by atoms with E-state index in [9.17, 15) is 22.4 Å². The zero-order valence-corrected chi connectivity index (χ0v) is 19.2. The van der Waals surface area contributed by atoms with E-state index in [2.05, 4.69) is 15.4 Å². The van der Waals surface area contributed by atoms with Gasteiger partial charge < -0.3 is 16.0 Å². The van der Waals surface area contributed by atoms with Gasteiger partial charge in [-0.2, -0.15) is 22.8 Å². The first-order valence-electron chi connectivity index (χ1n) is 9.41. The molecule has 0 saturated carbocycles. The largest absolute Gasteiger partial charge is 0.417 e. The first-order chi connectivity index (χ1) is 15.0. The summed E-state index contributed by atoms with van der Waals surface area (Å²) >= 11 is 11.7. The predicted molar refractivity (Wildman–Crippen MR) is 121 cm³/mol. The predicted octanol–water partition coefficient (Wildman–Crippen LogP) is 4.02. The van der Waals surface area contributed by atoms with E-state index in [1.54, 1.807) is 4.90 Å². The molecule has 0 aliphatic carbocycles. The Morgan fingerprint density at radius 1 is 1.21 bits per heavy atom. The highest BCUT2D eigenvalue weighted by Gasteiger charge is 2.39. The number of benzene rings is 1. The van der Waals surface area contributed by atoms with Crippen molar-refractivity contribution in [2.24, 2.45) is 0 Å². The molecule has 2 aromatic heterocycles. The maximum atomic E-state index is 14.9. The number of alkyl halides is 3. The molecule has 1 saturated heterocycles. The van der Waals surface area contributed by atoms with Gasteiger partial charge in [0.2, 0.25) is 0 Å². The highest BCUT2D eigenvalue weighted by Crippen LogP contribution is 2.43. The van der Waals surface area contributed by atoms with Crippen LogP contribution in [0, 0.1) is 5.82 Å². The Bertz CT molecular complexity index is 1260. The molecule has 0 unspecified atom stereocenters. The normalized spacial score (nSPS) is 16.7. The standard InChI is InChI=1S/C19H16Cl2F4N6O.ClH/c1-8-6-27-2-3-30(8)17-12-4-9(19(23,24)25)13(18(32)31(12)29-7-28-17)14-15(22)10(20)5-11(21)16(14)26;/h4-5,7-8,27H,2-3,6,26H2,1H3;1H/t8-;/m0./s1. The molecule has 4 rings (SSSR count). The Balaban J connectivity index is 0.00000306. The van der Waals surface area contributed by atoms with Crippen LogP contribution in [0.5, 0.6) is 0 Å². The lowest BCUT2D eigenvalue weighted by Crippen LogP contribution is -2.50. The van der Waals surface area contributed by atoms with E-state index in [1.807, 2.05) is 6.92 Å². The molecule has 178 valence electrons. The summed E-state index contributed by atoms with van der Waals surface area (Å²) in [5, 5.41) is 6.13. The molecule has 1 fully saturated rings. The molecular weight excluding hydrogens is 511 g/mol. The summed E-state index contributed by atoms with van der Waals surface area (Å²) in [5.41, 5.74) is 0.575. The molecule has 0 spiro atoms. The molecule has 3 N–H and O–H groups in total. The van der Waals surface area contributed by atoms with Gasteiger partial charge in [-0.25, -0.2) is 9.37 Å². The second kappa shape index (κ2) is 9.13. The number of nitrogens with zero attached hydrogens (tertiary/aromatic N) is 4. The number of pyridine rings is 1. The average molecular weight is 528 g/mol. The Kier molecular flexibility index (Phi) is 6.99. The summed E-state index contributed by atoms with van der Waals surface area (Å²) in [6.07, 6.45) is -3.97. The summed E-state index contributed by atoms with van der Waals surface area (Å²) in [6, 6.07) is 1.57. The van der Waals surface area contributed by atoms with Crippen LogP contribution in [-0.4, -0.2) is 40.3 Å². The Hall–Kier alpha value is -2.34. The van der Waals surface area contributed by atoms with Crippen molar-refractivity contribution in [3.63, 3.8) is 0 Å². The number of hydrogen-bond donors (Lipinski definition) is 2. The van der Waals surface area contributed by atoms with Crippen LogP contribution < -0.4 is 21.5 Å². The third kappa shape index (κ3) is 4.30. The molecule has 1 aliphatic heterocycles. The van der Waals surface area contributed by atoms with Gasteiger partial charge >= 0.3 is 6.18 Å². The van der Waals surface area contributed by atoms with Gasteiger partial charge in [-0.15, -0.1) is 12.4 Å². The summed E-state index contributed by atoms with van der Waals surface area (Å²) in [5.74, 6) is -1.14. The number of anilines is 2. The minimum absolute atomic E-state index is 0. The third-order valence-electron chi connectivity index (χ3n) is 5.30. The maximum absolute atomic E-state index is 14.9. The molecule has 7 nitrogen and oxygen atoms in total. The average Bonchev–Trinajstić information content (AvgIpc) is 2.73. The molecule has 0 amide bonds. The van der Waals surface area contributed by atoms with Crippen LogP contribution in [0.15, 0.2) is 23.3 Å². The second-order valence-electron chi connectivity index (χ2n) is 7.31. The van der Waals surface area contributed by atoms with Gasteiger partial charge in [0.05, 0.1) is 26.9 Å². The monoisotopic (exact) mass is 526 g/mol. The summed E-state index contributed by atoms with van der Waals surface area (Å²) in [6.45, 7) is 3.48. The van der Waals surface area contributed by atoms with Gasteiger partial charge in [0, 0.05) is 31.2 Å². The van der Waals surface area contributed by atoms with Crippen LogP contribution in [0.4, 0.5) is 29.1 Å². The Morgan fingerprint density at radius 2 is 1.91 bits per heavy atom. The molecule has 3 aromatic rings. The van der Waals surface area contributed by atoms with Gasteiger partial charge in [-0.3, -0.25) is 4.79 Å². The number of aromatic nitrogens is 3.